The second-order valence-electron chi connectivity index (χ2n) is 9.63. The number of carbonyl (C=O) groups is 1. The Morgan fingerprint density at radius 3 is 2.63 bits per heavy atom. The molecule has 178 valence electrons. The van der Waals surface area contributed by atoms with Crippen LogP contribution in [-0.4, -0.2) is 15.5 Å². The summed E-state index contributed by atoms with van der Waals surface area (Å²) in [7, 11) is 0. The van der Waals surface area contributed by atoms with Gasteiger partial charge in [-0.2, -0.15) is 0 Å². The maximum atomic E-state index is 14.2. The van der Waals surface area contributed by atoms with Gasteiger partial charge in [-0.1, -0.05) is 35.9 Å². The van der Waals surface area contributed by atoms with Crippen molar-refractivity contribution in [1.82, 2.24) is 9.47 Å². The van der Waals surface area contributed by atoms with Crippen LogP contribution < -0.4 is 5.32 Å². The highest BCUT2D eigenvalue weighted by Gasteiger charge is 2.36. The van der Waals surface area contributed by atoms with Crippen LogP contribution in [0.4, 0.5) is 14.9 Å². The van der Waals surface area contributed by atoms with Gasteiger partial charge in [-0.25, -0.2) is 9.18 Å². The summed E-state index contributed by atoms with van der Waals surface area (Å²) in [5, 5.41) is 4.21. The molecule has 0 spiro atoms. The molecule has 2 amide bonds. The molecule has 1 atom stereocenters. The Morgan fingerprint density at radius 2 is 1.83 bits per heavy atom. The van der Waals surface area contributed by atoms with Crippen LogP contribution >= 0.6 is 11.3 Å². The molecule has 6 rings (SSSR count). The summed E-state index contributed by atoms with van der Waals surface area (Å²) in [6.45, 7) is 4.31. The number of benzene rings is 2. The van der Waals surface area contributed by atoms with Crippen LogP contribution in [0.15, 0.2) is 60.8 Å². The number of nitrogens with one attached hydrogen (secondary N) is 1. The third-order valence-electron chi connectivity index (χ3n) is 7.26. The Balaban J connectivity index is 1.48. The zero-order chi connectivity index (χ0) is 24.1. The van der Waals surface area contributed by atoms with Crippen molar-refractivity contribution in [3.63, 3.8) is 0 Å². The van der Waals surface area contributed by atoms with Crippen LogP contribution in [0.25, 0.3) is 5.00 Å². The number of thiophene rings is 1. The van der Waals surface area contributed by atoms with Gasteiger partial charge < -0.3 is 14.8 Å². The first-order valence-electron chi connectivity index (χ1n) is 12.2. The first-order valence-corrected chi connectivity index (χ1v) is 13.0. The van der Waals surface area contributed by atoms with E-state index in [2.05, 4.69) is 59.4 Å². The molecule has 2 aromatic carbocycles. The van der Waals surface area contributed by atoms with Crippen LogP contribution in [0.3, 0.4) is 0 Å². The largest absolute Gasteiger partial charge is 0.322 e. The van der Waals surface area contributed by atoms with Gasteiger partial charge in [0.05, 0.1) is 18.3 Å². The molecule has 35 heavy (non-hydrogen) atoms. The molecule has 0 bridgehead atoms. The topological polar surface area (TPSA) is 37.3 Å². The summed E-state index contributed by atoms with van der Waals surface area (Å²) in [6, 6.07) is 16.9. The van der Waals surface area contributed by atoms with Crippen LogP contribution in [0.5, 0.6) is 0 Å². The van der Waals surface area contributed by atoms with E-state index in [0.717, 1.165) is 24.1 Å². The quantitative estimate of drug-likeness (QED) is 0.318. The summed E-state index contributed by atoms with van der Waals surface area (Å²) in [6.07, 6.45) is 6.70. The molecule has 0 fully saturated rings. The zero-order valence-corrected chi connectivity index (χ0v) is 20.8. The molecule has 4 aromatic rings. The number of anilines is 1. The van der Waals surface area contributed by atoms with Crippen molar-refractivity contribution in [2.24, 2.45) is 0 Å². The zero-order valence-electron chi connectivity index (χ0n) is 20.0. The van der Waals surface area contributed by atoms with E-state index in [0.29, 0.717) is 17.8 Å². The maximum Gasteiger partial charge on any atom is 0.322 e. The van der Waals surface area contributed by atoms with Gasteiger partial charge in [-0.05, 0) is 80.5 Å². The van der Waals surface area contributed by atoms with E-state index in [1.54, 1.807) is 19.1 Å². The summed E-state index contributed by atoms with van der Waals surface area (Å²) < 4.78 is 16.5. The van der Waals surface area contributed by atoms with Gasteiger partial charge in [-0.15, -0.1) is 11.3 Å². The fourth-order valence-electron chi connectivity index (χ4n) is 5.35. The van der Waals surface area contributed by atoms with Crippen molar-refractivity contribution in [2.45, 2.75) is 52.1 Å². The molecule has 1 aliphatic carbocycles. The number of nitrogens with zero attached hydrogens (tertiary/aromatic N) is 2. The summed E-state index contributed by atoms with van der Waals surface area (Å²) >= 11 is 1.87. The maximum absolute atomic E-state index is 14.2. The molecule has 1 unspecified atom stereocenters. The van der Waals surface area contributed by atoms with E-state index < -0.39 is 0 Å². The molecule has 0 saturated heterocycles. The molecule has 0 radical (unpaired) electrons. The minimum absolute atomic E-state index is 0.227. The fraction of sp³-hybridized carbons (Fsp3) is 0.276. The fourth-order valence-corrected chi connectivity index (χ4v) is 6.76. The van der Waals surface area contributed by atoms with Gasteiger partial charge in [-0.3, -0.25) is 0 Å². The minimum atomic E-state index is -0.322. The van der Waals surface area contributed by atoms with Gasteiger partial charge in [0.15, 0.2) is 0 Å². The number of fused-ring (bicyclic) bond motifs is 5. The number of aryl methyl sites for hydroxylation is 3. The van der Waals surface area contributed by atoms with E-state index in [9.17, 15) is 9.18 Å². The molecule has 4 nitrogen and oxygen atoms in total. The van der Waals surface area contributed by atoms with E-state index in [4.69, 9.17) is 0 Å². The molecule has 6 heteroatoms. The van der Waals surface area contributed by atoms with Gasteiger partial charge in [0.25, 0.3) is 0 Å². The first-order chi connectivity index (χ1) is 17.0. The van der Waals surface area contributed by atoms with Crippen molar-refractivity contribution in [3.05, 3.63) is 105 Å². The number of halogens is 1. The Hall–Kier alpha value is -3.38. The SMILES string of the molecule is Cc1ccc(C2c3cccn3-c3sc4c(c3CN2C(=O)Nc2ccc(C)c(F)c2)CCCC4)cc1. The highest BCUT2D eigenvalue weighted by Crippen LogP contribution is 2.44. The van der Waals surface area contributed by atoms with Crippen LogP contribution in [-0.2, 0) is 19.4 Å². The van der Waals surface area contributed by atoms with Gasteiger partial charge >= 0.3 is 6.03 Å². The predicted octanol–water partition coefficient (Wildman–Crippen LogP) is 7.31. The lowest BCUT2D eigenvalue weighted by molar-refractivity contribution is 0.194. The second-order valence-corrected chi connectivity index (χ2v) is 10.7. The molecule has 2 aliphatic rings. The molecule has 1 aliphatic heterocycles. The van der Waals surface area contributed by atoms with Crippen LogP contribution in [0, 0.1) is 19.7 Å². The molecule has 2 aromatic heterocycles. The lowest BCUT2D eigenvalue weighted by Crippen LogP contribution is -2.38. The summed E-state index contributed by atoms with van der Waals surface area (Å²) in [4.78, 5) is 17.3. The standard InChI is InChI=1S/C29H28FN3OS/c1-18-9-12-20(13-10-18)27-25-7-5-15-32(25)28-23(22-6-3-4-8-26(22)35-28)17-33(27)29(34)31-21-14-11-19(2)24(30)16-21/h5,7,9-16,27H,3-4,6,8,17H2,1-2H3,(H,31,34). The first kappa shape index (κ1) is 22.1. The molecular weight excluding hydrogens is 457 g/mol. The number of carbonyl (C=O) groups excluding carboxylic acids is 1. The van der Waals surface area contributed by atoms with E-state index in [1.807, 2.05) is 16.2 Å². The minimum Gasteiger partial charge on any atom is -0.310 e. The van der Waals surface area contributed by atoms with Crippen molar-refractivity contribution < 1.29 is 9.18 Å². The van der Waals surface area contributed by atoms with Gasteiger partial charge in [0, 0.05) is 22.3 Å². The van der Waals surface area contributed by atoms with Crippen molar-refractivity contribution >= 4 is 23.1 Å². The Kier molecular flexibility index (Phi) is 5.49. The number of amides is 2. The lowest BCUT2D eigenvalue weighted by atomic mass is 9.95. The van der Waals surface area contributed by atoms with Gasteiger partial charge in [0.1, 0.15) is 10.8 Å². The Bertz CT molecular complexity index is 1420. The molecule has 0 saturated carbocycles. The van der Waals surface area contributed by atoms with Crippen LogP contribution in [0.1, 0.15) is 57.3 Å². The highest BCUT2D eigenvalue weighted by atomic mass is 32.1. The Morgan fingerprint density at radius 1 is 1.03 bits per heavy atom. The third-order valence-corrected chi connectivity index (χ3v) is 8.59. The normalized spacial score (nSPS) is 16.8. The number of hydrogen-bond acceptors (Lipinski definition) is 2. The highest BCUT2D eigenvalue weighted by molar-refractivity contribution is 7.15. The lowest BCUT2D eigenvalue weighted by Gasteiger charge is -2.31. The van der Waals surface area contributed by atoms with Gasteiger partial charge in [0.2, 0.25) is 0 Å². The molecule has 1 N–H and O–H groups in total. The second kappa shape index (κ2) is 8.68. The summed E-state index contributed by atoms with van der Waals surface area (Å²) in [5.41, 5.74) is 7.00. The van der Waals surface area contributed by atoms with Crippen molar-refractivity contribution in [1.29, 1.82) is 0 Å². The molecule has 3 heterocycles. The average Bonchev–Trinajstić information content (AvgIpc) is 3.44. The van der Waals surface area contributed by atoms with Crippen molar-refractivity contribution in [3.8, 4) is 5.00 Å². The molecular formula is C29H28FN3OS. The van der Waals surface area contributed by atoms with Crippen LogP contribution in [0.2, 0.25) is 0 Å². The number of rotatable bonds is 2. The van der Waals surface area contributed by atoms with Crippen molar-refractivity contribution in [2.75, 3.05) is 5.32 Å². The predicted molar refractivity (Wildman–Crippen MR) is 139 cm³/mol. The monoisotopic (exact) mass is 485 g/mol. The van der Waals surface area contributed by atoms with E-state index in [1.165, 1.54) is 45.5 Å². The number of hydrogen-bond donors (Lipinski definition) is 1. The van der Waals surface area contributed by atoms with E-state index in [-0.39, 0.29) is 17.9 Å². The number of urea groups is 1. The smallest absolute Gasteiger partial charge is 0.310 e. The third kappa shape index (κ3) is 3.86. The number of aromatic nitrogens is 1. The average molecular weight is 486 g/mol. The summed E-state index contributed by atoms with van der Waals surface area (Å²) in [5.74, 6) is -0.322. The van der Waals surface area contributed by atoms with E-state index >= 15 is 0 Å². The Labute approximate surface area is 209 Å².